The number of nitrogens with zero attached hydrogens (tertiary/aromatic N) is 4. The van der Waals surface area contributed by atoms with Crippen molar-refractivity contribution in [3.8, 4) is 0 Å². The zero-order chi connectivity index (χ0) is 15.7. The Morgan fingerprint density at radius 2 is 1.82 bits per heavy atom. The minimum Gasteiger partial charge on any atom is -0.378 e. The number of rotatable bonds is 4. The van der Waals surface area contributed by atoms with Gasteiger partial charge in [-0.05, 0) is 32.0 Å². The Morgan fingerprint density at radius 1 is 1.05 bits per heavy atom. The van der Waals surface area contributed by atoms with Gasteiger partial charge in [-0.3, -0.25) is 0 Å². The molecular formula is C18H21N4+. The van der Waals surface area contributed by atoms with Crippen molar-refractivity contribution in [1.82, 2.24) is 14.9 Å². The van der Waals surface area contributed by atoms with Gasteiger partial charge in [0.2, 0.25) is 5.69 Å². The Kier molecular flexibility index (Phi) is 3.78. The summed E-state index contributed by atoms with van der Waals surface area (Å²) in [5.74, 6) is 0. The van der Waals surface area contributed by atoms with Crippen LogP contribution in [0, 0.1) is 6.08 Å². The van der Waals surface area contributed by atoms with Crippen molar-refractivity contribution in [1.29, 1.82) is 0 Å². The maximum absolute atomic E-state index is 4.79. The van der Waals surface area contributed by atoms with E-state index in [4.69, 9.17) is 4.98 Å². The maximum atomic E-state index is 4.79. The highest BCUT2D eigenvalue weighted by molar-refractivity contribution is 5.81. The standard InChI is InChI=1S/C18H21N4/c1-5-22(6-2)14-8-10-16-18(12-14)20-17-11-13(21(3)4)7-9-15(17)19-16/h7-9,11-12H,5-6H2,1-4H3/q+1. The summed E-state index contributed by atoms with van der Waals surface area (Å²) in [6, 6.07) is 6.15. The molecule has 0 bridgehead atoms. The van der Waals surface area contributed by atoms with E-state index in [-0.39, 0.29) is 0 Å². The number of anilines is 1. The van der Waals surface area contributed by atoms with Gasteiger partial charge in [-0.2, -0.15) is 4.98 Å². The molecule has 22 heavy (non-hydrogen) atoms. The molecule has 1 aliphatic carbocycles. The lowest BCUT2D eigenvalue weighted by atomic mass is 10.1. The summed E-state index contributed by atoms with van der Waals surface area (Å²) in [5.41, 5.74) is 5.82. The van der Waals surface area contributed by atoms with Crippen LogP contribution in [0.1, 0.15) is 25.2 Å². The van der Waals surface area contributed by atoms with E-state index in [0.29, 0.717) is 0 Å². The SMILES string of the molecule is CCN(CC)C1=Cc2nc3cc(N(C)C)ccc3nc2[C+]=C1. The monoisotopic (exact) mass is 293 g/mol. The van der Waals surface area contributed by atoms with Crippen molar-refractivity contribution < 1.29 is 0 Å². The van der Waals surface area contributed by atoms with E-state index in [2.05, 4.69) is 52.9 Å². The van der Waals surface area contributed by atoms with Crippen molar-refractivity contribution in [2.24, 2.45) is 0 Å². The number of fused-ring (bicyclic) bond motifs is 2. The normalized spacial score (nSPS) is 12.6. The van der Waals surface area contributed by atoms with E-state index in [1.54, 1.807) is 0 Å². The maximum Gasteiger partial charge on any atom is 0.256 e. The molecular weight excluding hydrogens is 272 g/mol. The third kappa shape index (κ3) is 2.53. The van der Waals surface area contributed by atoms with Gasteiger partial charge < -0.3 is 9.80 Å². The summed E-state index contributed by atoms with van der Waals surface area (Å²) in [6.45, 7) is 6.26. The minimum atomic E-state index is 0.820. The Labute approximate surface area is 131 Å². The highest BCUT2D eigenvalue weighted by Gasteiger charge is 2.22. The highest BCUT2D eigenvalue weighted by atomic mass is 15.1. The molecule has 112 valence electrons. The van der Waals surface area contributed by atoms with Gasteiger partial charge in [0.05, 0.1) is 11.6 Å². The summed E-state index contributed by atoms with van der Waals surface area (Å²) in [5, 5.41) is 0. The Balaban J connectivity index is 2.09. The van der Waals surface area contributed by atoms with E-state index < -0.39 is 0 Å². The van der Waals surface area contributed by atoms with Crippen molar-refractivity contribution >= 4 is 22.8 Å². The van der Waals surface area contributed by atoms with E-state index in [1.807, 2.05) is 26.2 Å². The molecule has 0 spiro atoms. The van der Waals surface area contributed by atoms with Crippen LogP contribution in [0.25, 0.3) is 17.1 Å². The smallest absolute Gasteiger partial charge is 0.256 e. The van der Waals surface area contributed by atoms with E-state index in [0.717, 1.165) is 46.9 Å². The lowest BCUT2D eigenvalue weighted by Crippen LogP contribution is -2.22. The molecule has 0 N–H and O–H groups in total. The van der Waals surface area contributed by atoms with Gasteiger partial charge in [-0.15, -0.1) is 0 Å². The first-order valence-corrected chi connectivity index (χ1v) is 7.68. The molecule has 4 heteroatoms. The van der Waals surface area contributed by atoms with Gasteiger partial charge in [0.25, 0.3) is 5.69 Å². The molecule has 4 nitrogen and oxygen atoms in total. The topological polar surface area (TPSA) is 32.3 Å². The zero-order valence-corrected chi connectivity index (χ0v) is 13.6. The van der Waals surface area contributed by atoms with Gasteiger partial charge in [0.1, 0.15) is 17.7 Å². The lowest BCUT2D eigenvalue weighted by Gasteiger charge is -2.17. The van der Waals surface area contributed by atoms with Gasteiger partial charge in [-0.1, -0.05) is 0 Å². The van der Waals surface area contributed by atoms with Crippen LogP contribution in [-0.2, 0) is 0 Å². The van der Waals surface area contributed by atoms with Crippen LogP contribution in [-0.4, -0.2) is 42.1 Å². The molecule has 0 atom stereocenters. The van der Waals surface area contributed by atoms with Crippen LogP contribution < -0.4 is 4.90 Å². The second kappa shape index (κ2) is 5.74. The summed E-state index contributed by atoms with van der Waals surface area (Å²) in [4.78, 5) is 13.8. The van der Waals surface area contributed by atoms with Gasteiger partial charge >= 0.3 is 0 Å². The van der Waals surface area contributed by atoms with Crippen LogP contribution in [0.4, 0.5) is 5.69 Å². The third-order valence-electron chi connectivity index (χ3n) is 3.96. The first-order chi connectivity index (χ1) is 10.6. The van der Waals surface area contributed by atoms with E-state index in [1.165, 1.54) is 0 Å². The number of likely N-dealkylation sites (N-methyl/N-ethyl adjacent to an activating group) is 1. The number of aromatic nitrogens is 2. The zero-order valence-electron chi connectivity index (χ0n) is 13.6. The fourth-order valence-corrected chi connectivity index (χ4v) is 2.64. The van der Waals surface area contributed by atoms with Crippen molar-refractivity contribution in [2.75, 3.05) is 32.1 Å². The summed E-state index contributed by atoms with van der Waals surface area (Å²) in [6.07, 6.45) is 7.38. The molecule has 0 unspecified atom stereocenters. The molecule has 0 radical (unpaired) electrons. The molecule has 0 fully saturated rings. The summed E-state index contributed by atoms with van der Waals surface area (Å²) in [7, 11) is 4.06. The van der Waals surface area contributed by atoms with Crippen molar-refractivity contribution in [3.05, 3.63) is 47.4 Å². The molecule has 1 heterocycles. The van der Waals surface area contributed by atoms with Crippen LogP contribution in [0.15, 0.2) is 30.0 Å². The molecule has 2 aromatic rings. The second-order valence-corrected chi connectivity index (χ2v) is 5.56. The third-order valence-corrected chi connectivity index (χ3v) is 3.96. The van der Waals surface area contributed by atoms with Gasteiger partial charge in [0.15, 0.2) is 5.70 Å². The van der Waals surface area contributed by atoms with Crippen LogP contribution in [0.3, 0.4) is 0 Å². The van der Waals surface area contributed by atoms with Crippen LogP contribution >= 0.6 is 0 Å². The fraction of sp³-hybridized carbons (Fsp3) is 0.333. The second-order valence-electron chi connectivity index (χ2n) is 5.56. The fourth-order valence-electron chi connectivity index (χ4n) is 2.64. The molecule has 1 aromatic heterocycles. The van der Waals surface area contributed by atoms with Crippen LogP contribution in [0.2, 0.25) is 0 Å². The van der Waals surface area contributed by atoms with Gasteiger partial charge in [0, 0.05) is 32.9 Å². The molecule has 0 saturated heterocycles. The molecule has 0 saturated carbocycles. The molecule has 1 aromatic carbocycles. The average Bonchev–Trinajstić information content (AvgIpc) is 2.53. The van der Waals surface area contributed by atoms with Crippen molar-refractivity contribution in [3.63, 3.8) is 0 Å². The van der Waals surface area contributed by atoms with E-state index >= 15 is 0 Å². The number of benzene rings is 1. The van der Waals surface area contributed by atoms with E-state index in [9.17, 15) is 0 Å². The first kappa shape index (κ1) is 14.5. The predicted molar refractivity (Wildman–Crippen MR) is 91.7 cm³/mol. The molecule has 0 aliphatic heterocycles. The Morgan fingerprint density at radius 3 is 2.50 bits per heavy atom. The molecule has 3 rings (SSSR count). The average molecular weight is 293 g/mol. The van der Waals surface area contributed by atoms with Crippen LogP contribution in [0.5, 0.6) is 0 Å². The number of hydrogen-bond acceptors (Lipinski definition) is 4. The first-order valence-electron chi connectivity index (χ1n) is 7.68. The largest absolute Gasteiger partial charge is 0.378 e. The number of allylic oxidation sites excluding steroid dienone is 1. The predicted octanol–water partition coefficient (Wildman–Crippen LogP) is 3.10. The highest BCUT2D eigenvalue weighted by Crippen LogP contribution is 2.24. The minimum absolute atomic E-state index is 0.820. The van der Waals surface area contributed by atoms with Gasteiger partial charge in [-0.25, -0.2) is 4.98 Å². The molecule has 0 amide bonds. The quantitative estimate of drug-likeness (QED) is 0.811. The Bertz CT molecular complexity index is 755. The molecule has 1 aliphatic rings. The number of hydrogen-bond donors (Lipinski definition) is 0. The Hall–Kier alpha value is -2.45. The lowest BCUT2D eigenvalue weighted by molar-refractivity contribution is 0.397. The summed E-state index contributed by atoms with van der Waals surface area (Å²) >= 11 is 0. The van der Waals surface area contributed by atoms with Crippen molar-refractivity contribution in [2.45, 2.75) is 13.8 Å². The summed E-state index contributed by atoms with van der Waals surface area (Å²) < 4.78 is 0.